The summed E-state index contributed by atoms with van der Waals surface area (Å²) in [5, 5.41) is 0. The van der Waals surface area contributed by atoms with Crippen LogP contribution in [0.5, 0.6) is 0 Å². The zero-order chi connectivity index (χ0) is 28.1. The number of hydrogen-bond donors (Lipinski definition) is 0. The molecule has 2 aliphatic carbocycles. The molecule has 37 heavy (non-hydrogen) atoms. The van der Waals surface area contributed by atoms with Crippen molar-refractivity contribution in [2.45, 2.75) is 83.1 Å². The first-order chi connectivity index (χ1) is 16.7. The summed E-state index contributed by atoms with van der Waals surface area (Å²) in [5.41, 5.74) is 5.13. The molecule has 1 aromatic heterocycles. The summed E-state index contributed by atoms with van der Waals surface area (Å²) in [6, 6.07) is 4.02. The van der Waals surface area contributed by atoms with E-state index in [1.807, 2.05) is 12.3 Å². The van der Waals surface area contributed by atoms with Gasteiger partial charge in [-0.25, -0.2) is 0 Å². The van der Waals surface area contributed by atoms with Crippen LogP contribution in [0.15, 0.2) is 76.7 Å². The number of pyridine rings is 1. The number of allylic oxidation sites excluding steroid dienone is 10. The van der Waals surface area contributed by atoms with Gasteiger partial charge in [-0.1, -0.05) is 101 Å². The zero-order valence-electron chi connectivity index (χ0n) is 25.0. The van der Waals surface area contributed by atoms with Crippen molar-refractivity contribution in [2.24, 2.45) is 27.6 Å². The second-order valence-corrected chi connectivity index (χ2v) is 14.6. The van der Waals surface area contributed by atoms with Crippen LogP contribution < -0.4 is 0 Å². The lowest BCUT2D eigenvalue weighted by Crippen LogP contribution is -2.30. The first-order valence-corrected chi connectivity index (χ1v) is 13.4. The van der Waals surface area contributed by atoms with Crippen molar-refractivity contribution < 1.29 is 9.59 Å². The average Bonchev–Trinajstić information content (AvgIpc) is 2.73. The topological polar surface area (TPSA) is 47.0 Å². The molecule has 2 aliphatic rings. The predicted octanol–water partition coefficient (Wildman–Crippen LogP) is 8.51. The Labute approximate surface area is 224 Å². The number of ketones is 2. The Morgan fingerprint density at radius 1 is 0.649 bits per heavy atom. The number of rotatable bonds is 2. The van der Waals surface area contributed by atoms with Crippen molar-refractivity contribution >= 4 is 17.1 Å². The van der Waals surface area contributed by atoms with Gasteiger partial charge >= 0.3 is 0 Å². The van der Waals surface area contributed by atoms with E-state index in [4.69, 9.17) is 0 Å². The Bertz CT molecular complexity index is 1180. The van der Waals surface area contributed by atoms with Crippen LogP contribution >= 0.6 is 0 Å². The molecule has 0 radical (unpaired) electrons. The number of hydrogen-bond acceptors (Lipinski definition) is 3. The molecule has 0 amide bonds. The van der Waals surface area contributed by atoms with Crippen LogP contribution in [0.2, 0.25) is 0 Å². The summed E-state index contributed by atoms with van der Waals surface area (Å²) in [5.74, 6) is 0.107. The van der Waals surface area contributed by atoms with Gasteiger partial charge in [0.25, 0.3) is 0 Å². The minimum Gasteiger partial charge on any atom is -0.289 e. The number of aromatic nitrogens is 1. The predicted molar refractivity (Wildman–Crippen MR) is 155 cm³/mol. The summed E-state index contributed by atoms with van der Waals surface area (Å²) in [4.78, 5) is 31.8. The van der Waals surface area contributed by atoms with Gasteiger partial charge in [-0.05, 0) is 56.6 Å². The van der Waals surface area contributed by atoms with E-state index in [0.717, 1.165) is 39.0 Å². The monoisotopic (exact) mass is 499 g/mol. The Kier molecular flexibility index (Phi) is 7.38. The largest absolute Gasteiger partial charge is 0.289 e. The highest BCUT2D eigenvalue weighted by molar-refractivity contribution is 6.13. The van der Waals surface area contributed by atoms with Crippen LogP contribution in [-0.2, 0) is 9.59 Å². The zero-order valence-corrected chi connectivity index (χ0v) is 25.0. The van der Waals surface area contributed by atoms with Gasteiger partial charge in [0.15, 0.2) is 11.6 Å². The van der Waals surface area contributed by atoms with Crippen LogP contribution in [-0.4, -0.2) is 16.6 Å². The van der Waals surface area contributed by atoms with Crippen molar-refractivity contribution in [1.29, 1.82) is 0 Å². The van der Waals surface area contributed by atoms with Gasteiger partial charge in [-0.3, -0.25) is 14.6 Å². The SMILES string of the molecule is CC(C)(C)C1=CC(=C(c2cccnc2)C2C=C(C(C)(C)C)C(=O)C(C(C)(C)C)=C2)C=C(C(C)(C)C)C1=O. The first-order valence-electron chi connectivity index (χ1n) is 13.4. The van der Waals surface area contributed by atoms with Crippen molar-refractivity contribution in [3.63, 3.8) is 0 Å². The molecule has 0 fully saturated rings. The Balaban J connectivity index is 2.48. The van der Waals surface area contributed by atoms with Crippen molar-refractivity contribution in [2.75, 3.05) is 0 Å². The number of nitrogens with zero attached hydrogens (tertiary/aromatic N) is 1. The maximum absolute atomic E-state index is 13.7. The molecule has 0 aromatic carbocycles. The van der Waals surface area contributed by atoms with E-state index in [1.54, 1.807) is 6.20 Å². The van der Waals surface area contributed by atoms with E-state index < -0.39 is 0 Å². The lowest BCUT2D eigenvalue weighted by atomic mass is 9.67. The molecule has 0 N–H and O–H groups in total. The molecular weight excluding hydrogens is 454 g/mol. The maximum atomic E-state index is 13.7. The minimum absolute atomic E-state index is 0.116. The van der Waals surface area contributed by atoms with Crippen LogP contribution in [0, 0.1) is 27.6 Å². The Morgan fingerprint density at radius 2 is 1.05 bits per heavy atom. The molecule has 198 valence electrons. The summed E-state index contributed by atoms with van der Waals surface area (Å²) >= 11 is 0. The third-order valence-electron chi connectivity index (χ3n) is 7.12. The summed E-state index contributed by atoms with van der Waals surface area (Å²) in [6.45, 7) is 25.2. The van der Waals surface area contributed by atoms with Gasteiger partial charge in [0.1, 0.15) is 0 Å². The number of carbonyl (C=O) groups excluding carboxylic acids is 2. The lowest BCUT2D eigenvalue weighted by molar-refractivity contribution is -0.114. The van der Waals surface area contributed by atoms with Crippen molar-refractivity contribution in [1.82, 2.24) is 4.98 Å². The van der Waals surface area contributed by atoms with E-state index in [9.17, 15) is 9.59 Å². The standard InChI is InChI=1S/C34H45NO2/c1-31(2,3)24-16-22(17-25(29(24)36)32(4,5)6)28(21-14-13-15-35-20-21)23-18-26(33(7,8)9)30(37)27(19-23)34(10,11)12/h13-20,22H,1-12H3. The highest BCUT2D eigenvalue weighted by Gasteiger charge is 2.38. The Hall–Kier alpha value is -2.81. The molecule has 0 aliphatic heterocycles. The summed E-state index contributed by atoms with van der Waals surface area (Å²) in [6.07, 6.45) is 12.1. The minimum atomic E-state index is -0.311. The molecular formula is C34H45NO2. The molecule has 0 bridgehead atoms. The fourth-order valence-electron chi connectivity index (χ4n) is 5.02. The molecule has 1 heterocycles. The van der Waals surface area contributed by atoms with E-state index in [-0.39, 0.29) is 39.1 Å². The van der Waals surface area contributed by atoms with Crippen LogP contribution in [0.25, 0.3) is 5.57 Å². The summed E-state index contributed by atoms with van der Waals surface area (Å²) in [7, 11) is 0. The van der Waals surface area contributed by atoms with E-state index in [0.29, 0.717) is 0 Å². The molecule has 0 unspecified atom stereocenters. The molecule has 0 saturated carbocycles. The van der Waals surface area contributed by atoms with Crippen LogP contribution in [0.1, 0.15) is 88.6 Å². The highest BCUT2D eigenvalue weighted by atomic mass is 16.1. The van der Waals surface area contributed by atoms with Crippen LogP contribution in [0.3, 0.4) is 0 Å². The van der Waals surface area contributed by atoms with E-state index in [1.165, 1.54) is 0 Å². The molecule has 0 atom stereocenters. The van der Waals surface area contributed by atoms with Gasteiger partial charge in [0, 0.05) is 40.6 Å². The molecule has 3 rings (SSSR count). The quantitative estimate of drug-likeness (QED) is 0.410. The summed E-state index contributed by atoms with van der Waals surface area (Å²) < 4.78 is 0. The van der Waals surface area contributed by atoms with Crippen molar-refractivity contribution in [3.8, 4) is 0 Å². The second-order valence-electron chi connectivity index (χ2n) is 14.6. The maximum Gasteiger partial charge on any atom is 0.186 e. The van der Waals surface area contributed by atoms with Gasteiger partial charge < -0.3 is 0 Å². The number of Topliss-reactive ketones (excluding diaryl/α,β-unsaturated/α-hetero) is 2. The van der Waals surface area contributed by atoms with Crippen molar-refractivity contribution in [3.05, 3.63) is 82.3 Å². The average molecular weight is 500 g/mol. The van der Waals surface area contributed by atoms with E-state index >= 15 is 0 Å². The van der Waals surface area contributed by atoms with Gasteiger partial charge in [0.05, 0.1) is 0 Å². The van der Waals surface area contributed by atoms with E-state index in [2.05, 4.69) is 118 Å². The fraction of sp³-hybridized carbons (Fsp3) is 0.500. The molecule has 1 aromatic rings. The van der Waals surface area contributed by atoms with Crippen LogP contribution in [0.4, 0.5) is 0 Å². The first kappa shape index (κ1) is 28.8. The third kappa shape index (κ3) is 6.03. The number of carbonyl (C=O) groups is 2. The smallest absolute Gasteiger partial charge is 0.186 e. The molecule has 3 heteroatoms. The van der Waals surface area contributed by atoms with Gasteiger partial charge in [0.2, 0.25) is 0 Å². The molecule has 0 spiro atoms. The second kappa shape index (κ2) is 9.49. The Morgan fingerprint density at radius 3 is 1.41 bits per heavy atom. The molecule has 3 nitrogen and oxygen atoms in total. The lowest BCUT2D eigenvalue weighted by Gasteiger charge is -2.35. The van der Waals surface area contributed by atoms with Gasteiger partial charge in [-0.15, -0.1) is 0 Å². The highest BCUT2D eigenvalue weighted by Crippen LogP contribution is 2.46. The molecule has 0 saturated heterocycles. The third-order valence-corrected chi connectivity index (χ3v) is 7.12. The van der Waals surface area contributed by atoms with Gasteiger partial charge in [-0.2, -0.15) is 0 Å². The fourth-order valence-corrected chi connectivity index (χ4v) is 5.02. The normalized spacial score (nSPS) is 18.3.